The van der Waals surface area contributed by atoms with Gasteiger partial charge in [0.05, 0.1) is 46.2 Å². The van der Waals surface area contributed by atoms with Gasteiger partial charge in [-0.3, -0.25) is 30.0 Å². The fourth-order valence-corrected chi connectivity index (χ4v) is 19.9. The van der Waals surface area contributed by atoms with Crippen LogP contribution in [-0.4, -0.2) is 89.7 Å². The number of halogens is 8. The SMILES string of the molecule is Cc1cc(=O)[nH]c(SCc2ccncc2)n1.Cc1cc(C)nc(SCc2c(Cl)cccc2[N+](=O)[O-])n1.Cc1cc(C)nc(SCc2c(N)cccc2Cl)n1.Cc1cc(C)nc(SCc2cccc(N)c2Cl)n1.Cc1cc(C)nc(SCc2cccc(O)c2Cl)n1.Cc1cc(C)nc(SCc2cccc([N+](=O)[O-])c2Cl)n1.Cc1ccnc(SCc2c(Cl)ccc(Cl)c2Cl)n1. The van der Waals surface area contributed by atoms with Crippen molar-refractivity contribution in [3.8, 4) is 5.75 Å². The van der Waals surface area contributed by atoms with E-state index >= 15 is 0 Å². The molecule has 6 aromatic carbocycles. The van der Waals surface area contributed by atoms with Gasteiger partial charge in [-0.25, -0.2) is 64.8 Å². The van der Waals surface area contributed by atoms with Gasteiger partial charge < -0.3 is 21.6 Å². The lowest BCUT2D eigenvalue weighted by Gasteiger charge is -2.07. The van der Waals surface area contributed by atoms with E-state index < -0.39 is 9.85 Å². The lowest BCUT2D eigenvalue weighted by atomic mass is 10.2. The van der Waals surface area contributed by atoms with Gasteiger partial charge in [0.2, 0.25) is 0 Å². The number of nitro benzene ring substituents is 2. The molecule has 25 nitrogen and oxygen atoms in total. The number of rotatable bonds is 23. The summed E-state index contributed by atoms with van der Waals surface area (Å²) in [6.45, 7) is 23.0. The Hall–Kier alpha value is -9.20. The second-order valence-electron chi connectivity index (χ2n) is 27.4. The van der Waals surface area contributed by atoms with Crippen LogP contribution in [0.1, 0.15) is 107 Å². The maximum absolute atomic E-state index is 11.2. The molecule has 14 rings (SSSR count). The summed E-state index contributed by atoms with van der Waals surface area (Å²) < 4.78 is 0. The Kier molecular flexibility index (Phi) is 42.8. The molecule has 128 heavy (non-hydrogen) atoms. The Balaban J connectivity index is 0.000000185. The zero-order valence-electron chi connectivity index (χ0n) is 70.9. The number of phenols is 1. The van der Waals surface area contributed by atoms with Gasteiger partial charge in [-0.05, 0) is 196 Å². The number of hydrogen-bond acceptors (Lipinski definition) is 29. The van der Waals surface area contributed by atoms with Crippen LogP contribution in [0.4, 0.5) is 22.7 Å². The van der Waals surface area contributed by atoms with E-state index in [2.05, 4.69) is 74.8 Å². The van der Waals surface area contributed by atoms with Crippen LogP contribution in [0.5, 0.6) is 5.75 Å². The third kappa shape index (κ3) is 35.2. The molecule has 40 heteroatoms. The van der Waals surface area contributed by atoms with Crippen LogP contribution in [0, 0.1) is 103 Å². The number of pyridine rings is 1. The molecule has 0 fully saturated rings. The van der Waals surface area contributed by atoms with Gasteiger partial charge in [-0.1, -0.05) is 224 Å². The summed E-state index contributed by atoms with van der Waals surface area (Å²) in [5, 5.41) is 40.0. The summed E-state index contributed by atoms with van der Waals surface area (Å²) in [6.07, 6.45) is 5.23. The second kappa shape index (κ2) is 52.6. The average molecular weight is 2010 g/mol. The van der Waals surface area contributed by atoms with E-state index in [1.165, 1.54) is 77.0 Å². The van der Waals surface area contributed by atoms with Gasteiger partial charge in [0.1, 0.15) is 10.8 Å². The quantitative estimate of drug-likeness (QED) is 0.0115. The lowest BCUT2D eigenvalue weighted by molar-refractivity contribution is -0.385. The average Bonchev–Trinajstić information content (AvgIpc) is 0.835. The van der Waals surface area contributed by atoms with Crippen LogP contribution in [0.15, 0.2) is 217 Å². The monoisotopic (exact) mass is 2010 g/mol. The maximum atomic E-state index is 11.2. The highest BCUT2D eigenvalue weighted by atomic mass is 35.5. The van der Waals surface area contributed by atoms with Crippen LogP contribution in [0.3, 0.4) is 0 Å². The molecule has 0 atom stereocenters. The molecule has 8 heterocycles. The number of anilines is 2. The van der Waals surface area contributed by atoms with Crippen molar-refractivity contribution in [3.63, 3.8) is 0 Å². The van der Waals surface area contributed by atoms with E-state index in [0.717, 1.165) is 117 Å². The van der Waals surface area contributed by atoms with Crippen molar-refractivity contribution in [2.45, 2.75) is 159 Å². The molecular weight excluding hydrogens is 1930 g/mol. The zero-order valence-corrected chi connectivity index (χ0v) is 82.6. The van der Waals surface area contributed by atoms with Crippen molar-refractivity contribution in [3.05, 3.63) is 354 Å². The third-order valence-corrected chi connectivity index (χ3v) is 26.2. The van der Waals surface area contributed by atoms with Gasteiger partial charge >= 0.3 is 0 Å². The van der Waals surface area contributed by atoms with Gasteiger partial charge in [0.25, 0.3) is 16.9 Å². The number of hydrogen-bond donors (Lipinski definition) is 4. The minimum Gasteiger partial charge on any atom is -0.506 e. The van der Waals surface area contributed by atoms with Crippen LogP contribution in [0.2, 0.25) is 40.2 Å². The number of H-pyrrole nitrogens is 1. The molecule has 0 saturated carbocycles. The summed E-state index contributed by atoms with van der Waals surface area (Å²) in [6, 6.07) is 46.2. The van der Waals surface area contributed by atoms with Crippen LogP contribution in [0.25, 0.3) is 0 Å². The van der Waals surface area contributed by atoms with Crippen LogP contribution in [-0.2, 0) is 40.3 Å². The number of thioether (sulfide) groups is 7. The first kappa shape index (κ1) is 104. The normalized spacial score (nSPS) is 10.6. The van der Waals surface area contributed by atoms with Crippen molar-refractivity contribution in [2.75, 3.05) is 11.5 Å². The molecule has 0 saturated heterocycles. The number of nitrogens with two attached hydrogens (primary N) is 2. The Bertz CT molecular complexity index is 6010. The highest BCUT2D eigenvalue weighted by Crippen LogP contribution is 2.39. The fourth-order valence-electron chi connectivity index (χ4n) is 10.9. The highest BCUT2D eigenvalue weighted by Gasteiger charge is 2.20. The van der Waals surface area contributed by atoms with E-state index in [0.29, 0.717) is 113 Å². The summed E-state index contributed by atoms with van der Waals surface area (Å²) in [5.41, 5.74) is 29.8. The Morgan fingerprint density at radius 3 is 1.16 bits per heavy atom. The number of nitrogens with one attached hydrogen (secondary N) is 1. The lowest BCUT2D eigenvalue weighted by Crippen LogP contribution is -2.08. The second-order valence-corrected chi connectivity index (χ2v) is 37.2. The first-order chi connectivity index (χ1) is 60.9. The number of aromatic nitrogens is 15. The fraction of sp³-hybridized carbons (Fsp3) is 0.216. The molecule has 0 radical (unpaired) electrons. The highest BCUT2D eigenvalue weighted by molar-refractivity contribution is 7.99. The molecule has 0 aliphatic rings. The van der Waals surface area contributed by atoms with E-state index in [-0.39, 0.29) is 27.7 Å². The zero-order chi connectivity index (χ0) is 93.3. The molecule has 0 spiro atoms. The number of aromatic hydroxyl groups is 1. The number of phenolic OH excluding ortho intramolecular Hbond substituents is 1. The molecule has 14 aromatic rings. The van der Waals surface area contributed by atoms with Crippen LogP contribution < -0.4 is 17.0 Å². The molecule has 666 valence electrons. The molecule has 0 bridgehead atoms. The largest absolute Gasteiger partial charge is 0.506 e. The van der Waals surface area contributed by atoms with Crippen molar-refractivity contribution < 1.29 is 15.0 Å². The van der Waals surface area contributed by atoms with Gasteiger partial charge in [-0.15, -0.1) is 0 Å². The number of aryl methyl sites for hydroxylation is 12. The van der Waals surface area contributed by atoms with Gasteiger partial charge in [0, 0.05) is 172 Å². The number of nitrogens with zero attached hydrogens (tertiary/aromatic N) is 16. The summed E-state index contributed by atoms with van der Waals surface area (Å²) in [7, 11) is 0. The van der Waals surface area contributed by atoms with Crippen molar-refractivity contribution in [1.29, 1.82) is 0 Å². The topological polar surface area (TPSA) is 372 Å². The molecule has 6 N–H and O–H groups in total. The van der Waals surface area contributed by atoms with Gasteiger partial charge in [-0.2, -0.15) is 0 Å². The van der Waals surface area contributed by atoms with E-state index in [4.69, 9.17) is 104 Å². The summed E-state index contributed by atoms with van der Waals surface area (Å²) in [5.74, 6) is 4.34. The standard InChI is InChI=1S/2C13H12ClN3O2S.2C13H14ClN3S.C13H13ClN2OS.C12H9Cl3N2S.C11H11N3OS/c1-8-6-9(2)16-13(15-8)20-7-10-11(14)4-3-5-12(10)17(18)19;1-8-6-9(2)16-13(15-8)20-7-10-4-3-5-11(12(10)14)17(18)19;1-8-6-9(2)17-13(16-8)18-7-10-11(14)4-3-5-12(10)15;1-8-6-9(2)17-13(16-8)18-7-10-4-3-5-11(15)12(10)14;1-8-6-9(2)16-13(15-8)18-7-10-4-3-5-11(17)12(10)14;1-7-4-5-16-12(17-7)18-6-8-9(13)2-3-10(14)11(8)15;1-8-6-10(15)14-11(13-8)16-7-9-2-4-12-5-3-9/h2*3-6H,7H2,1-2H3;2*3-6H,7,15H2,1-2H3;3-6,17H,7H2,1-2H3;2-5H,6H2,1H3;2-6H,7H2,1H3,(H,13,14,15). The predicted octanol–water partition coefficient (Wildman–Crippen LogP) is 25.7. The van der Waals surface area contributed by atoms with Crippen LogP contribution >= 0.6 is 175 Å². The van der Waals surface area contributed by atoms with Crippen molar-refractivity contribution in [2.24, 2.45) is 0 Å². The van der Waals surface area contributed by atoms with E-state index in [9.17, 15) is 30.1 Å². The van der Waals surface area contributed by atoms with E-state index in [1.807, 2.05) is 168 Å². The Morgan fingerprint density at radius 2 is 0.695 bits per heavy atom. The number of nitrogen functional groups attached to an aromatic ring is 2. The summed E-state index contributed by atoms with van der Waals surface area (Å²) in [4.78, 5) is 94.9. The van der Waals surface area contributed by atoms with E-state index in [1.54, 1.807) is 96.7 Å². The third-order valence-electron chi connectivity index (χ3n) is 16.7. The smallest absolute Gasteiger partial charge is 0.288 e. The number of aromatic amines is 1. The molecular formula is C88H85Cl8N19O6S7. The Labute approximate surface area is 811 Å². The first-order valence-electron chi connectivity index (χ1n) is 38.2. The minimum absolute atomic E-state index is 0.0226. The summed E-state index contributed by atoms with van der Waals surface area (Å²) >= 11 is 58.9. The maximum Gasteiger partial charge on any atom is 0.288 e. The predicted molar refractivity (Wildman–Crippen MR) is 528 cm³/mol. The molecule has 8 aromatic heterocycles. The molecule has 0 aliphatic carbocycles. The molecule has 0 aliphatic heterocycles. The van der Waals surface area contributed by atoms with Crippen molar-refractivity contribution >= 4 is 198 Å². The Morgan fingerprint density at radius 1 is 0.336 bits per heavy atom. The first-order valence-corrected chi connectivity index (χ1v) is 48.1. The minimum atomic E-state index is -0.482. The molecule has 0 unspecified atom stereocenters. The van der Waals surface area contributed by atoms with Crippen molar-refractivity contribution in [1.82, 2.24) is 74.8 Å². The number of nitro groups is 2. The van der Waals surface area contributed by atoms with Gasteiger partial charge in [0.15, 0.2) is 36.1 Å². The molecule has 0 amide bonds. The number of benzene rings is 6.